The summed E-state index contributed by atoms with van der Waals surface area (Å²) >= 11 is 0. The first-order valence-electron chi connectivity index (χ1n) is 3.84. The normalized spacial score (nSPS) is 8.64. The average molecular weight is 261 g/mol. The van der Waals surface area contributed by atoms with Crippen LogP contribution in [0.4, 0.5) is 0 Å². The van der Waals surface area contributed by atoms with Gasteiger partial charge in [0.1, 0.15) is 5.75 Å². The molecule has 0 saturated heterocycles. The predicted molar refractivity (Wildman–Crippen MR) is 55.1 cm³/mol. The third kappa shape index (κ3) is 2.87. The van der Waals surface area contributed by atoms with Gasteiger partial charge in [0, 0.05) is 0 Å². The van der Waals surface area contributed by atoms with E-state index in [0.717, 1.165) is 16.5 Å². The van der Waals surface area contributed by atoms with E-state index in [-0.39, 0.29) is 40.0 Å². The summed E-state index contributed by atoms with van der Waals surface area (Å²) in [7, 11) is 1.67. The van der Waals surface area contributed by atoms with E-state index in [2.05, 4.69) is 6.07 Å². The quantitative estimate of drug-likeness (QED) is 0.486. The van der Waals surface area contributed by atoms with Gasteiger partial charge >= 0.3 is 23.1 Å². The van der Waals surface area contributed by atoms with Crippen molar-refractivity contribution < 1.29 is 21.7 Å². The number of fused-ring (bicyclic) bond motifs is 1. The van der Waals surface area contributed by atoms with Crippen LogP contribution in [-0.2, 0) is 0 Å². The molecule has 3 heteroatoms. The molecule has 0 N–H and O–H groups in total. The molecule has 0 aromatic heterocycles. The Morgan fingerprint density at radius 2 is 2.00 bits per heavy atom. The summed E-state index contributed by atoms with van der Waals surface area (Å²) in [6, 6.07) is 15.0. The van der Waals surface area contributed by atoms with Gasteiger partial charge in [-0.3, -0.25) is 0 Å². The average Bonchev–Trinajstić information content (AvgIpc) is 2.17. The Kier molecular flexibility index (Phi) is 6.16. The number of ether oxygens (including phenoxy) is 1. The summed E-state index contributed by atoms with van der Waals surface area (Å²) in [5.74, 6) is 0.891. The maximum Gasteiger partial charge on any atom is 2.00 e. The Morgan fingerprint density at radius 3 is 2.71 bits per heavy atom. The van der Waals surface area contributed by atoms with Gasteiger partial charge in [0.2, 0.25) is 0 Å². The van der Waals surface area contributed by atoms with E-state index in [1.807, 2.05) is 36.4 Å². The molecule has 0 saturated carbocycles. The predicted octanol–water partition coefficient (Wildman–Crippen LogP) is -0.728. The Labute approximate surface area is 110 Å². The Balaban J connectivity index is 0.000000845. The maximum absolute atomic E-state index is 5.11. The number of hydrogen-bond donors (Lipinski definition) is 0. The molecule has 0 heterocycles. The van der Waals surface area contributed by atoms with Gasteiger partial charge in [-0.05, 0) is 0 Å². The van der Waals surface area contributed by atoms with Crippen molar-refractivity contribution in [3.05, 3.63) is 42.5 Å². The van der Waals surface area contributed by atoms with Crippen molar-refractivity contribution in [3.8, 4) is 5.75 Å². The molecule has 0 atom stereocenters. The van der Waals surface area contributed by atoms with E-state index in [1.54, 1.807) is 7.11 Å². The van der Waals surface area contributed by atoms with Crippen LogP contribution < -0.4 is 21.7 Å². The number of hydrogen-bond acceptors (Lipinski definition) is 1. The molecule has 68 valence electrons. The standard InChI is InChI=1S/C11H9O.BrH.Mg/c1-12-11-7-6-9-4-2-3-5-10(9)8-11;;/h2-3,5-8H,1H3;1H;/q-1;;+2/p-1. The summed E-state index contributed by atoms with van der Waals surface area (Å²) in [6.07, 6.45) is 0. The van der Waals surface area contributed by atoms with Crippen LogP contribution in [0.3, 0.4) is 0 Å². The first-order valence-corrected chi connectivity index (χ1v) is 3.84. The number of rotatable bonds is 1. The van der Waals surface area contributed by atoms with Gasteiger partial charge in [-0.2, -0.15) is 0 Å². The molecule has 0 aliphatic heterocycles. The van der Waals surface area contributed by atoms with Crippen molar-refractivity contribution in [2.24, 2.45) is 0 Å². The van der Waals surface area contributed by atoms with E-state index < -0.39 is 0 Å². The molecule has 1 nitrogen and oxygen atoms in total. The first-order chi connectivity index (χ1) is 5.90. The Hall–Kier alpha value is -0.254. The van der Waals surface area contributed by atoms with Crippen molar-refractivity contribution in [1.82, 2.24) is 0 Å². The third-order valence-electron chi connectivity index (χ3n) is 1.87. The van der Waals surface area contributed by atoms with Crippen LogP contribution >= 0.6 is 0 Å². The molecule has 0 bridgehead atoms. The van der Waals surface area contributed by atoms with Crippen molar-refractivity contribution in [2.45, 2.75) is 0 Å². The molecule has 0 spiro atoms. The van der Waals surface area contributed by atoms with Crippen molar-refractivity contribution >= 4 is 33.8 Å². The van der Waals surface area contributed by atoms with Crippen molar-refractivity contribution in [2.75, 3.05) is 7.11 Å². The summed E-state index contributed by atoms with van der Waals surface area (Å²) < 4.78 is 5.11. The first kappa shape index (κ1) is 13.7. The van der Waals surface area contributed by atoms with Crippen molar-refractivity contribution in [3.63, 3.8) is 0 Å². The van der Waals surface area contributed by atoms with Gasteiger partial charge in [0.15, 0.2) is 0 Å². The molecule has 0 aliphatic rings. The molecule has 14 heavy (non-hydrogen) atoms. The van der Waals surface area contributed by atoms with E-state index in [1.165, 1.54) is 0 Å². The molecule has 2 aromatic carbocycles. The van der Waals surface area contributed by atoms with E-state index in [0.29, 0.717) is 0 Å². The van der Waals surface area contributed by atoms with Crippen LogP contribution in [0.25, 0.3) is 10.8 Å². The molecular weight excluding hydrogens is 252 g/mol. The van der Waals surface area contributed by atoms with E-state index >= 15 is 0 Å². The molecule has 2 rings (SSSR count). The summed E-state index contributed by atoms with van der Waals surface area (Å²) in [4.78, 5) is 0. The SMILES string of the molecule is COc1ccc2[c-]cccc2c1.[Br-].[Mg+2]. The van der Waals surface area contributed by atoms with E-state index in [4.69, 9.17) is 4.74 Å². The Morgan fingerprint density at radius 1 is 1.21 bits per heavy atom. The maximum atomic E-state index is 5.11. The van der Waals surface area contributed by atoms with E-state index in [9.17, 15) is 0 Å². The molecule has 0 amide bonds. The van der Waals surface area contributed by atoms with Gasteiger partial charge in [0.25, 0.3) is 0 Å². The second-order valence-corrected chi connectivity index (χ2v) is 2.62. The van der Waals surface area contributed by atoms with Crippen LogP contribution in [0.2, 0.25) is 0 Å². The van der Waals surface area contributed by atoms with Crippen LogP contribution in [0.15, 0.2) is 36.4 Å². The van der Waals surface area contributed by atoms with Crippen LogP contribution in [0.5, 0.6) is 5.75 Å². The van der Waals surface area contributed by atoms with Gasteiger partial charge in [-0.25, -0.2) is 0 Å². The molecule has 0 aliphatic carbocycles. The third-order valence-corrected chi connectivity index (χ3v) is 1.87. The minimum atomic E-state index is 0. The van der Waals surface area contributed by atoms with Gasteiger partial charge in [0.05, 0.1) is 7.11 Å². The summed E-state index contributed by atoms with van der Waals surface area (Å²) in [5.41, 5.74) is 0. The molecule has 0 unspecified atom stereocenters. The van der Waals surface area contributed by atoms with Gasteiger partial charge < -0.3 is 21.7 Å². The molecule has 2 aromatic rings. The number of halogens is 1. The second-order valence-electron chi connectivity index (χ2n) is 2.62. The smallest absolute Gasteiger partial charge is 1.00 e. The summed E-state index contributed by atoms with van der Waals surface area (Å²) in [5, 5.41) is 2.29. The largest absolute Gasteiger partial charge is 2.00 e. The number of benzene rings is 2. The zero-order valence-electron chi connectivity index (χ0n) is 7.96. The monoisotopic (exact) mass is 260 g/mol. The van der Waals surface area contributed by atoms with Crippen LogP contribution in [0, 0.1) is 6.07 Å². The Bertz CT molecular complexity index is 403. The van der Waals surface area contributed by atoms with Gasteiger partial charge in [-0.15, -0.1) is 41.1 Å². The van der Waals surface area contributed by atoms with Crippen LogP contribution in [0.1, 0.15) is 0 Å². The minimum absolute atomic E-state index is 0. The fraction of sp³-hybridized carbons (Fsp3) is 0.0909. The minimum Gasteiger partial charge on any atom is -1.00 e. The zero-order valence-corrected chi connectivity index (χ0v) is 11.0. The molecule has 0 fully saturated rings. The fourth-order valence-electron chi connectivity index (χ4n) is 1.23. The zero-order chi connectivity index (χ0) is 8.39. The molecular formula is C11H9BrMgO. The van der Waals surface area contributed by atoms with Crippen molar-refractivity contribution in [1.29, 1.82) is 0 Å². The fourth-order valence-corrected chi connectivity index (χ4v) is 1.23. The second kappa shape index (κ2) is 6.27. The summed E-state index contributed by atoms with van der Waals surface area (Å²) in [6.45, 7) is 0. The van der Waals surface area contributed by atoms with Crippen LogP contribution in [-0.4, -0.2) is 30.2 Å². The molecule has 0 radical (unpaired) electrons. The topological polar surface area (TPSA) is 9.23 Å². The van der Waals surface area contributed by atoms with Gasteiger partial charge in [-0.1, -0.05) is 12.1 Å². The number of methoxy groups -OCH3 is 1.